The normalized spacial score (nSPS) is 11.0. The molecule has 5 heteroatoms. The first kappa shape index (κ1) is 12.0. The van der Waals surface area contributed by atoms with Gasteiger partial charge in [-0.15, -0.1) is 5.10 Å². The number of methoxy groups -OCH3 is 1. The van der Waals surface area contributed by atoms with Crippen LogP contribution in [0.4, 0.5) is 0 Å². The van der Waals surface area contributed by atoms with Gasteiger partial charge in [0.15, 0.2) is 0 Å². The van der Waals surface area contributed by atoms with E-state index in [1.165, 1.54) is 0 Å². The highest BCUT2D eigenvalue weighted by Crippen LogP contribution is 2.11. The Hall–Kier alpha value is -2.04. The van der Waals surface area contributed by atoms with Gasteiger partial charge in [-0.2, -0.15) is 5.10 Å². The lowest BCUT2D eigenvalue weighted by Crippen LogP contribution is -2.22. The molecule has 0 saturated carbocycles. The van der Waals surface area contributed by atoms with Gasteiger partial charge in [0, 0.05) is 12.1 Å². The highest BCUT2D eigenvalue weighted by Gasteiger charge is 1.97. The second kappa shape index (κ2) is 5.75. The zero-order valence-electron chi connectivity index (χ0n) is 9.47. The van der Waals surface area contributed by atoms with Crippen LogP contribution in [0.15, 0.2) is 34.5 Å². The molecule has 4 N–H and O–H groups in total. The van der Waals surface area contributed by atoms with Crippen molar-refractivity contribution in [2.24, 2.45) is 21.7 Å². The Kier molecular flexibility index (Phi) is 4.32. The second-order valence-corrected chi connectivity index (χ2v) is 3.38. The third-order valence-corrected chi connectivity index (χ3v) is 1.96. The highest BCUT2D eigenvalue weighted by atomic mass is 16.5. The summed E-state index contributed by atoms with van der Waals surface area (Å²) in [5.41, 5.74) is 12.3. The average Bonchev–Trinajstić information content (AvgIpc) is 2.27. The SMILES string of the molecule is COc1ccc(C/C(C)=N\N=C(N)N)cc1. The van der Waals surface area contributed by atoms with Gasteiger partial charge < -0.3 is 16.2 Å². The number of benzene rings is 1. The maximum atomic E-state index is 5.18. The van der Waals surface area contributed by atoms with Crippen molar-refractivity contribution in [2.75, 3.05) is 7.11 Å². The van der Waals surface area contributed by atoms with Crippen LogP contribution in [-0.4, -0.2) is 18.8 Å². The van der Waals surface area contributed by atoms with Crippen molar-refractivity contribution < 1.29 is 4.74 Å². The van der Waals surface area contributed by atoms with Gasteiger partial charge in [-0.1, -0.05) is 12.1 Å². The van der Waals surface area contributed by atoms with Crippen molar-refractivity contribution >= 4 is 11.7 Å². The molecule has 0 heterocycles. The number of hydrogen-bond acceptors (Lipinski definition) is 3. The fourth-order valence-electron chi connectivity index (χ4n) is 1.22. The van der Waals surface area contributed by atoms with Crippen LogP contribution in [0.5, 0.6) is 5.75 Å². The van der Waals surface area contributed by atoms with Gasteiger partial charge in [0.25, 0.3) is 0 Å². The Balaban J connectivity index is 2.66. The average molecular weight is 220 g/mol. The summed E-state index contributed by atoms with van der Waals surface area (Å²) in [5, 5.41) is 7.47. The number of hydrogen-bond donors (Lipinski definition) is 2. The standard InChI is InChI=1S/C11H16N4O/c1-8(14-15-11(12)13)7-9-3-5-10(16-2)6-4-9/h3-6H,7H2,1-2H3,(H4,12,13,15)/b14-8-. The number of nitrogens with two attached hydrogens (primary N) is 2. The molecule has 0 aliphatic heterocycles. The molecule has 0 atom stereocenters. The predicted octanol–water partition coefficient (Wildman–Crippen LogP) is 0.887. The summed E-state index contributed by atoms with van der Waals surface area (Å²) in [5.74, 6) is 0.802. The van der Waals surface area contributed by atoms with Gasteiger partial charge in [-0.25, -0.2) is 0 Å². The lowest BCUT2D eigenvalue weighted by molar-refractivity contribution is 0.414. The molecule has 0 amide bonds. The number of rotatable bonds is 4. The van der Waals surface area contributed by atoms with E-state index in [1.807, 2.05) is 31.2 Å². The molecule has 1 aromatic rings. The summed E-state index contributed by atoms with van der Waals surface area (Å²) in [7, 11) is 1.64. The summed E-state index contributed by atoms with van der Waals surface area (Å²) in [6, 6.07) is 7.77. The quantitative estimate of drug-likeness (QED) is 0.449. The van der Waals surface area contributed by atoms with Crippen molar-refractivity contribution in [3.05, 3.63) is 29.8 Å². The monoisotopic (exact) mass is 220 g/mol. The van der Waals surface area contributed by atoms with Gasteiger partial charge >= 0.3 is 0 Å². The number of ether oxygens (including phenoxy) is 1. The van der Waals surface area contributed by atoms with E-state index < -0.39 is 0 Å². The van der Waals surface area contributed by atoms with E-state index in [1.54, 1.807) is 7.11 Å². The number of nitrogens with zero attached hydrogens (tertiary/aromatic N) is 2. The Morgan fingerprint density at radius 1 is 1.19 bits per heavy atom. The van der Waals surface area contributed by atoms with E-state index in [0.29, 0.717) is 6.42 Å². The van der Waals surface area contributed by atoms with Gasteiger partial charge in [0.2, 0.25) is 5.96 Å². The van der Waals surface area contributed by atoms with Gasteiger partial charge in [-0.3, -0.25) is 0 Å². The molecule has 1 aromatic carbocycles. The van der Waals surface area contributed by atoms with Crippen molar-refractivity contribution in [1.29, 1.82) is 0 Å². The van der Waals surface area contributed by atoms with Crippen LogP contribution in [-0.2, 0) is 6.42 Å². The molecule has 0 aliphatic carbocycles. The molecule has 0 fully saturated rings. The van der Waals surface area contributed by atoms with E-state index in [0.717, 1.165) is 17.0 Å². The largest absolute Gasteiger partial charge is 0.497 e. The van der Waals surface area contributed by atoms with Crippen molar-refractivity contribution in [2.45, 2.75) is 13.3 Å². The van der Waals surface area contributed by atoms with Crippen LogP contribution in [0.2, 0.25) is 0 Å². The summed E-state index contributed by atoms with van der Waals surface area (Å²) in [6.45, 7) is 1.87. The highest BCUT2D eigenvalue weighted by molar-refractivity contribution is 5.85. The van der Waals surface area contributed by atoms with Crippen molar-refractivity contribution in [1.82, 2.24) is 0 Å². The van der Waals surface area contributed by atoms with E-state index in [-0.39, 0.29) is 5.96 Å². The third-order valence-electron chi connectivity index (χ3n) is 1.96. The van der Waals surface area contributed by atoms with E-state index in [9.17, 15) is 0 Å². The molecule has 5 nitrogen and oxygen atoms in total. The van der Waals surface area contributed by atoms with Crippen LogP contribution in [0.3, 0.4) is 0 Å². The van der Waals surface area contributed by atoms with Crippen molar-refractivity contribution in [3.8, 4) is 5.75 Å². The van der Waals surface area contributed by atoms with Crippen LogP contribution < -0.4 is 16.2 Å². The summed E-state index contributed by atoms with van der Waals surface area (Å²) >= 11 is 0. The summed E-state index contributed by atoms with van der Waals surface area (Å²) < 4.78 is 5.07. The Labute approximate surface area is 94.8 Å². The van der Waals surface area contributed by atoms with E-state index >= 15 is 0 Å². The molecule has 0 unspecified atom stereocenters. The molecule has 0 aliphatic rings. The van der Waals surface area contributed by atoms with Crippen molar-refractivity contribution in [3.63, 3.8) is 0 Å². The molecule has 0 spiro atoms. The molecule has 86 valence electrons. The fraction of sp³-hybridized carbons (Fsp3) is 0.273. The predicted molar refractivity (Wildman–Crippen MR) is 65.6 cm³/mol. The number of guanidine groups is 1. The van der Waals surface area contributed by atoms with Crippen LogP contribution in [0.1, 0.15) is 12.5 Å². The van der Waals surface area contributed by atoms with E-state index in [2.05, 4.69) is 10.2 Å². The molecular weight excluding hydrogens is 204 g/mol. The molecule has 0 saturated heterocycles. The minimum Gasteiger partial charge on any atom is -0.497 e. The summed E-state index contributed by atoms with van der Waals surface area (Å²) in [4.78, 5) is 0. The third kappa shape index (κ3) is 4.00. The Bertz CT molecular complexity index is 391. The van der Waals surface area contributed by atoms with Gasteiger partial charge in [-0.05, 0) is 24.6 Å². The topological polar surface area (TPSA) is 86.0 Å². The molecule has 0 radical (unpaired) electrons. The zero-order valence-corrected chi connectivity index (χ0v) is 9.47. The maximum Gasteiger partial charge on any atom is 0.211 e. The molecule has 16 heavy (non-hydrogen) atoms. The lowest BCUT2D eigenvalue weighted by Gasteiger charge is -2.02. The fourth-order valence-corrected chi connectivity index (χ4v) is 1.22. The second-order valence-electron chi connectivity index (χ2n) is 3.38. The molecular formula is C11H16N4O. The van der Waals surface area contributed by atoms with Gasteiger partial charge in [0.1, 0.15) is 5.75 Å². The Morgan fingerprint density at radius 2 is 1.81 bits per heavy atom. The minimum atomic E-state index is -0.0333. The first-order valence-electron chi connectivity index (χ1n) is 4.87. The molecule has 1 rings (SSSR count). The first-order valence-corrected chi connectivity index (χ1v) is 4.87. The molecule has 0 aromatic heterocycles. The summed E-state index contributed by atoms with van der Waals surface area (Å²) in [6.07, 6.45) is 0.709. The zero-order chi connectivity index (χ0) is 12.0. The van der Waals surface area contributed by atoms with Crippen LogP contribution >= 0.6 is 0 Å². The van der Waals surface area contributed by atoms with Crippen LogP contribution in [0.25, 0.3) is 0 Å². The van der Waals surface area contributed by atoms with E-state index in [4.69, 9.17) is 16.2 Å². The molecule has 0 bridgehead atoms. The van der Waals surface area contributed by atoms with Gasteiger partial charge in [0.05, 0.1) is 7.11 Å². The minimum absolute atomic E-state index is 0.0333. The smallest absolute Gasteiger partial charge is 0.211 e. The maximum absolute atomic E-state index is 5.18. The Morgan fingerprint density at radius 3 is 2.31 bits per heavy atom. The van der Waals surface area contributed by atoms with Crippen LogP contribution in [0, 0.1) is 0 Å². The lowest BCUT2D eigenvalue weighted by atomic mass is 10.1. The first-order chi connectivity index (χ1) is 7.61.